The number of halogens is 3. The van der Waals surface area contributed by atoms with Crippen molar-refractivity contribution in [1.82, 2.24) is 9.88 Å². The molecule has 0 saturated carbocycles. The summed E-state index contributed by atoms with van der Waals surface area (Å²) in [4.78, 5) is 17.8. The second-order valence-corrected chi connectivity index (χ2v) is 5.55. The molecular formula is C17H17ClF2N2O3. The molecule has 1 amide bonds. The molecule has 0 fully saturated rings. The van der Waals surface area contributed by atoms with Crippen molar-refractivity contribution in [2.75, 3.05) is 13.7 Å². The summed E-state index contributed by atoms with van der Waals surface area (Å²) in [6.07, 6.45) is 1.45. The molecule has 8 heteroatoms. The molecule has 0 aliphatic heterocycles. The topological polar surface area (TPSA) is 51.7 Å². The third-order valence-electron chi connectivity index (χ3n) is 3.23. The zero-order chi connectivity index (χ0) is 18.4. The smallest absolute Gasteiger partial charge is 0.387 e. The lowest BCUT2D eigenvalue weighted by Crippen LogP contribution is -2.27. The standard InChI is InChI=1S/C17H17ClF2N2O3/c1-3-24-15-8-11(4-5-14(15)25-17(19)20)10-22(2)16(23)13-9-12(18)6-7-21-13/h4-9,17H,3,10H2,1-2H3. The minimum Gasteiger partial charge on any atom is -0.490 e. The zero-order valence-corrected chi connectivity index (χ0v) is 14.5. The third-order valence-corrected chi connectivity index (χ3v) is 3.47. The Balaban J connectivity index is 2.15. The van der Waals surface area contributed by atoms with Crippen LogP contribution in [-0.4, -0.2) is 36.1 Å². The normalized spacial score (nSPS) is 10.6. The summed E-state index contributed by atoms with van der Waals surface area (Å²) in [5.74, 6) is -0.165. The van der Waals surface area contributed by atoms with Gasteiger partial charge in [-0.25, -0.2) is 0 Å². The molecule has 0 aliphatic rings. The minimum atomic E-state index is -2.94. The molecule has 5 nitrogen and oxygen atoms in total. The number of benzene rings is 1. The predicted molar refractivity (Wildman–Crippen MR) is 89.3 cm³/mol. The Labute approximate surface area is 149 Å². The van der Waals surface area contributed by atoms with Gasteiger partial charge in [0.15, 0.2) is 11.5 Å². The van der Waals surface area contributed by atoms with Gasteiger partial charge in [0.25, 0.3) is 5.91 Å². The van der Waals surface area contributed by atoms with Crippen LogP contribution >= 0.6 is 11.6 Å². The summed E-state index contributed by atoms with van der Waals surface area (Å²) in [6, 6.07) is 7.61. The van der Waals surface area contributed by atoms with E-state index in [0.717, 1.165) is 0 Å². The average molecular weight is 371 g/mol. The molecule has 0 atom stereocenters. The Morgan fingerprint density at radius 2 is 2.04 bits per heavy atom. The molecule has 0 aliphatic carbocycles. The SMILES string of the molecule is CCOc1cc(CN(C)C(=O)c2cc(Cl)ccn2)ccc1OC(F)F. The number of amides is 1. The van der Waals surface area contributed by atoms with Crippen molar-refractivity contribution in [2.24, 2.45) is 0 Å². The molecule has 0 spiro atoms. The van der Waals surface area contributed by atoms with E-state index in [1.54, 1.807) is 32.2 Å². The first-order valence-corrected chi connectivity index (χ1v) is 7.86. The number of carbonyl (C=O) groups is 1. The third kappa shape index (κ3) is 5.29. The van der Waals surface area contributed by atoms with Crippen LogP contribution in [0.5, 0.6) is 11.5 Å². The van der Waals surface area contributed by atoms with Crippen molar-refractivity contribution in [2.45, 2.75) is 20.1 Å². The van der Waals surface area contributed by atoms with Crippen molar-refractivity contribution in [3.05, 3.63) is 52.8 Å². The van der Waals surface area contributed by atoms with Crippen LogP contribution in [0, 0.1) is 0 Å². The average Bonchev–Trinajstić information content (AvgIpc) is 2.56. The first-order chi connectivity index (χ1) is 11.9. The predicted octanol–water partition coefficient (Wildman–Crippen LogP) is 4.01. The lowest BCUT2D eigenvalue weighted by atomic mass is 10.2. The molecule has 1 aromatic carbocycles. The van der Waals surface area contributed by atoms with Crippen LogP contribution in [0.25, 0.3) is 0 Å². The number of carbonyl (C=O) groups excluding carboxylic acids is 1. The Bertz CT molecular complexity index is 744. The molecule has 25 heavy (non-hydrogen) atoms. The monoisotopic (exact) mass is 370 g/mol. The number of hydrogen-bond acceptors (Lipinski definition) is 4. The highest BCUT2D eigenvalue weighted by Gasteiger charge is 2.16. The molecule has 0 radical (unpaired) electrons. The van der Waals surface area contributed by atoms with Crippen LogP contribution in [0.2, 0.25) is 5.02 Å². The summed E-state index contributed by atoms with van der Waals surface area (Å²) in [5, 5.41) is 0.416. The highest BCUT2D eigenvalue weighted by Crippen LogP contribution is 2.30. The Morgan fingerprint density at radius 3 is 2.68 bits per heavy atom. The number of aromatic nitrogens is 1. The maximum atomic E-state index is 12.4. The lowest BCUT2D eigenvalue weighted by molar-refractivity contribution is -0.0514. The van der Waals surface area contributed by atoms with Gasteiger partial charge in [-0.15, -0.1) is 0 Å². The first-order valence-electron chi connectivity index (χ1n) is 7.48. The molecule has 1 aromatic heterocycles. The van der Waals surface area contributed by atoms with Gasteiger partial charge in [0.2, 0.25) is 0 Å². The zero-order valence-electron chi connectivity index (χ0n) is 13.7. The second kappa shape index (κ2) is 8.62. The van der Waals surface area contributed by atoms with Gasteiger partial charge in [-0.05, 0) is 36.8 Å². The minimum absolute atomic E-state index is 0.0499. The van der Waals surface area contributed by atoms with Gasteiger partial charge in [-0.1, -0.05) is 17.7 Å². The maximum Gasteiger partial charge on any atom is 0.387 e. The van der Waals surface area contributed by atoms with Gasteiger partial charge >= 0.3 is 6.61 Å². The quantitative estimate of drug-likeness (QED) is 0.739. The fourth-order valence-electron chi connectivity index (χ4n) is 2.18. The van der Waals surface area contributed by atoms with E-state index in [2.05, 4.69) is 9.72 Å². The lowest BCUT2D eigenvalue weighted by Gasteiger charge is -2.18. The van der Waals surface area contributed by atoms with E-state index in [1.165, 1.54) is 23.2 Å². The van der Waals surface area contributed by atoms with Gasteiger partial charge < -0.3 is 14.4 Å². The van der Waals surface area contributed by atoms with Crippen molar-refractivity contribution in [3.63, 3.8) is 0 Å². The summed E-state index contributed by atoms with van der Waals surface area (Å²) < 4.78 is 34.6. The van der Waals surface area contributed by atoms with Crippen molar-refractivity contribution < 1.29 is 23.0 Å². The summed E-state index contributed by atoms with van der Waals surface area (Å²) in [6.45, 7) is -0.672. The molecule has 1 heterocycles. The highest BCUT2D eigenvalue weighted by atomic mass is 35.5. The number of pyridine rings is 1. The second-order valence-electron chi connectivity index (χ2n) is 5.11. The Hall–Kier alpha value is -2.41. The van der Waals surface area contributed by atoms with Crippen LogP contribution in [0.4, 0.5) is 8.78 Å². The van der Waals surface area contributed by atoms with E-state index in [0.29, 0.717) is 17.2 Å². The van der Waals surface area contributed by atoms with Gasteiger partial charge in [0.1, 0.15) is 5.69 Å². The van der Waals surface area contributed by atoms with Crippen molar-refractivity contribution >= 4 is 17.5 Å². The largest absolute Gasteiger partial charge is 0.490 e. The molecule has 134 valence electrons. The molecule has 0 saturated heterocycles. The maximum absolute atomic E-state index is 12.4. The van der Waals surface area contributed by atoms with Gasteiger partial charge in [0.05, 0.1) is 6.61 Å². The molecule has 0 unspecified atom stereocenters. The molecule has 0 N–H and O–H groups in total. The number of nitrogens with zero attached hydrogens (tertiary/aromatic N) is 2. The van der Waals surface area contributed by atoms with Gasteiger partial charge in [-0.3, -0.25) is 9.78 Å². The summed E-state index contributed by atoms with van der Waals surface area (Å²) in [5.41, 5.74) is 0.917. The molecule has 0 bridgehead atoms. The van der Waals surface area contributed by atoms with E-state index >= 15 is 0 Å². The Kier molecular flexibility index (Phi) is 6.52. The van der Waals surface area contributed by atoms with Crippen LogP contribution in [0.1, 0.15) is 23.0 Å². The van der Waals surface area contributed by atoms with Crippen molar-refractivity contribution in [3.8, 4) is 11.5 Å². The van der Waals surface area contributed by atoms with Gasteiger partial charge in [0, 0.05) is 24.8 Å². The van der Waals surface area contributed by atoms with E-state index in [1.807, 2.05) is 0 Å². The molecule has 2 aromatic rings. The first kappa shape index (κ1) is 18.9. The summed E-state index contributed by atoms with van der Waals surface area (Å²) in [7, 11) is 1.61. The van der Waals surface area contributed by atoms with Gasteiger partial charge in [-0.2, -0.15) is 8.78 Å². The molecule has 2 rings (SSSR count). The highest BCUT2D eigenvalue weighted by molar-refractivity contribution is 6.30. The molecular weight excluding hydrogens is 354 g/mol. The van der Waals surface area contributed by atoms with Crippen LogP contribution in [0.3, 0.4) is 0 Å². The van der Waals surface area contributed by atoms with E-state index in [9.17, 15) is 13.6 Å². The van der Waals surface area contributed by atoms with E-state index in [-0.39, 0.29) is 29.6 Å². The Morgan fingerprint density at radius 1 is 1.28 bits per heavy atom. The van der Waals surface area contributed by atoms with Crippen LogP contribution < -0.4 is 9.47 Å². The van der Waals surface area contributed by atoms with Crippen LogP contribution in [0.15, 0.2) is 36.5 Å². The number of rotatable bonds is 7. The number of hydrogen-bond donors (Lipinski definition) is 0. The van der Waals surface area contributed by atoms with E-state index < -0.39 is 6.61 Å². The fraction of sp³-hybridized carbons (Fsp3) is 0.294. The van der Waals surface area contributed by atoms with Crippen LogP contribution in [-0.2, 0) is 6.54 Å². The summed E-state index contributed by atoms with van der Waals surface area (Å²) >= 11 is 5.87. The number of alkyl halides is 2. The fourth-order valence-corrected chi connectivity index (χ4v) is 2.34. The number of ether oxygens (including phenoxy) is 2. The van der Waals surface area contributed by atoms with E-state index in [4.69, 9.17) is 16.3 Å². The van der Waals surface area contributed by atoms with Crippen molar-refractivity contribution in [1.29, 1.82) is 0 Å².